The van der Waals surface area contributed by atoms with E-state index < -0.39 is 12.1 Å². The van der Waals surface area contributed by atoms with Crippen LogP contribution in [0.2, 0.25) is 0 Å². The van der Waals surface area contributed by atoms with Gasteiger partial charge in [-0.25, -0.2) is 4.98 Å². The van der Waals surface area contributed by atoms with Gasteiger partial charge in [-0.3, -0.25) is 9.56 Å². The van der Waals surface area contributed by atoms with Crippen molar-refractivity contribution in [1.29, 1.82) is 0 Å². The summed E-state index contributed by atoms with van der Waals surface area (Å²) in [5, 5.41) is 20.1. The minimum Gasteiger partial charge on any atom is -0.493 e. The molecule has 0 radical (unpaired) electrons. The molecule has 0 saturated heterocycles. The molecule has 1 aliphatic rings. The van der Waals surface area contributed by atoms with Crippen molar-refractivity contribution in [3.05, 3.63) is 41.3 Å². The highest BCUT2D eigenvalue weighted by atomic mass is 16.3. The highest BCUT2D eigenvalue weighted by Gasteiger charge is 2.24. The molecule has 0 bridgehead atoms. The largest absolute Gasteiger partial charge is 0.493 e. The molecule has 1 aromatic carbocycles. The van der Waals surface area contributed by atoms with E-state index in [1.54, 1.807) is 12.3 Å². The molecule has 3 rings (SSSR count). The maximum atomic E-state index is 10.9. The number of fused-ring (bicyclic) bond motifs is 1. The maximum absolute atomic E-state index is 10.9. The molecule has 0 aliphatic carbocycles. The van der Waals surface area contributed by atoms with E-state index in [0.29, 0.717) is 6.29 Å². The Kier molecular flexibility index (Phi) is 4.28. The summed E-state index contributed by atoms with van der Waals surface area (Å²) < 4.78 is 1.30. The first-order chi connectivity index (χ1) is 11.5. The Labute approximate surface area is 138 Å². The minimum absolute atomic E-state index is 0.0948. The molecule has 0 spiro atoms. The van der Waals surface area contributed by atoms with Crippen molar-refractivity contribution in [3.8, 4) is 5.88 Å². The first-order valence-electron chi connectivity index (χ1n) is 7.54. The van der Waals surface area contributed by atoms with Gasteiger partial charge < -0.3 is 20.7 Å². The molecule has 0 fully saturated rings. The van der Waals surface area contributed by atoms with E-state index in [1.165, 1.54) is 11.5 Å². The fraction of sp³-hybridized carbons (Fsp3) is 0.235. The van der Waals surface area contributed by atoms with Gasteiger partial charge >= 0.3 is 0 Å². The number of hydrogen-bond acceptors (Lipinski definition) is 6. The fourth-order valence-corrected chi connectivity index (χ4v) is 2.60. The van der Waals surface area contributed by atoms with Crippen LogP contribution in [0.15, 0.2) is 29.3 Å². The van der Waals surface area contributed by atoms with Crippen LogP contribution in [-0.4, -0.2) is 38.4 Å². The Balaban J connectivity index is 2.07. The predicted molar refractivity (Wildman–Crippen MR) is 91.0 cm³/mol. The number of hydrogen-bond donors (Lipinski definition) is 3. The average molecular weight is 326 g/mol. The number of benzene rings is 1. The number of aliphatic imine (C=N–C) groups is 1. The summed E-state index contributed by atoms with van der Waals surface area (Å²) >= 11 is 0. The van der Waals surface area contributed by atoms with Crippen LogP contribution in [0.4, 0.5) is 5.69 Å². The third-order valence-electron chi connectivity index (χ3n) is 3.92. The van der Waals surface area contributed by atoms with Crippen LogP contribution >= 0.6 is 0 Å². The van der Waals surface area contributed by atoms with Gasteiger partial charge in [-0.15, -0.1) is 0 Å². The summed E-state index contributed by atoms with van der Waals surface area (Å²) in [6.07, 6.45) is 3.15. The number of aliphatic hydroxyl groups excluding tert-OH is 1. The molecule has 124 valence electrons. The number of aromatic hydroxyl groups is 1. The normalized spacial score (nSPS) is 17.0. The second-order valence-corrected chi connectivity index (χ2v) is 5.60. The Morgan fingerprint density at radius 2 is 2.12 bits per heavy atom. The molecule has 2 atom stereocenters. The third-order valence-corrected chi connectivity index (χ3v) is 3.92. The second kappa shape index (κ2) is 6.38. The molecule has 24 heavy (non-hydrogen) atoms. The van der Waals surface area contributed by atoms with Crippen LogP contribution in [-0.2, 0) is 11.3 Å². The summed E-state index contributed by atoms with van der Waals surface area (Å²) in [6, 6.07) is 6.81. The monoisotopic (exact) mass is 326 g/mol. The number of allylic oxidation sites excluding steroid dienone is 1. The number of carbonyl (C=O) groups excluding carboxylic acids is 1. The maximum Gasteiger partial charge on any atom is 0.219 e. The van der Waals surface area contributed by atoms with E-state index in [-0.39, 0.29) is 23.9 Å². The van der Waals surface area contributed by atoms with Crippen molar-refractivity contribution in [2.24, 2.45) is 10.7 Å². The molecule has 2 unspecified atom stereocenters. The Morgan fingerprint density at radius 1 is 1.38 bits per heavy atom. The van der Waals surface area contributed by atoms with Crippen LogP contribution < -0.4 is 5.73 Å². The second-order valence-electron chi connectivity index (χ2n) is 5.60. The van der Waals surface area contributed by atoms with Crippen LogP contribution in [0.25, 0.3) is 11.6 Å². The topological polar surface area (TPSA) is 114 Å². The van der Waals surface area contributed by atoms with Gasteiger partial charge in [0.2, 0.25) is 5.88 Å². The molecule has 7 heteroatoms. The average Bonchev–Trinajstić information content (AvgIpc) is 3.11. The predicted octanol–water partition coefficient (Wildman–Crippen LogP) is 1.42. The van der Waals surface area contributed by atoms with Crippen LogP contribution in [0.1, 0.15) is 30.0 Å². The van der Waals surface area contributed by atoms with Crippen LogP contribution in [0.5, 0.6) is 5.88 Å². The minimum atomic E-state index is -0.869. The van der Waals surface area contributed by atoms with Crippen molar-refractivity contribution < 1.29 is 15.0 Å². The van der Waals surface area contributed by atoms with Gasteiger partial charge in [-0.05, 0) is 19.1 Å². The van der Waals surface area contributed by atoms with Crippen molar-refractivity contribution in [2.45, 2.75) is 25.6 Å². The smallest absolute Gasteiger partial charge is 0.219 e. The third kappa shape index (κ3) is 2.75. The molecule has 0 saturated carbocycles. The van der Waals surface area contributed by atoms with Crippen molar-refractivity contribution in [3.63, 3.8) is 0 Å². The van der Waals surface area contributed by atoms with Gasteiger partial charge in [-0.2, -0.15) is 0 Å². The van der Waals surface area contributed by atoms with Crippen molar-refractivity contribution in [1.82, 2.24) is 9.55 Å². The van der Waals surface area contributed by atoms with Gasteiger partial charge in [0.1, 0.15) is 17.8 Å². The number of para-hydroxylation sites is 1. The molecule has 4 N–H and O–H groups in total. The SMILES string of the molecule is CC(O)C(N)c1nc(C=C2C=Nc3ccccc32)c(O)n1CC=O. The lowest BCUT2D eigenvalue weighted by Crippen LogP contribution is -2.27. The molecule has 1 aromatic heterocycles. The molecule has 0 amide bonds. The fourth-order valence-electron chi connectivity index (χ4n) is 2.60. The van der Waals surface area contributed by atoms with Gasteiger partial charge in [-0.1, -0.05) is 18.2 Å². The van der Waals surface area contributed by atoms with Crippen LogP contribution in [0.3, 0.4) is 0 Å². The number of nitrogens with zero attached hydrogens (tertiary/aromatic N) is 3. The zero-order chi connectivity index (χ0) is 17.3. The Morgan fingerprint density at radius 3 is 2.83 bits per heavy atom. The van der Waals surface area contributed by atoms with Crippen molar-refractivity contribution in [2.75, 3.05) is 0 Å². The van der Waals surface area contributed by atoms with Gasteiger partial charge in [0.25, 0.3) is 0 Å². The lowest BCUT2D eigenvalue weighted by molar-refractivity contribution is -0.108. The number of carbonyl (C=O) groups is 1. The Bertz CT molecular complexity index is 836. The molecule has 2 heterocycles. The summed E-state index contributed by atoms with van der Waals surface area (Å²) in [6.45, 7) is 1.43. The zero-order valence-corrected chi connectivity index (χ0v) is 13.1. The van der Waals surface area contributed by atoms with E-state index in [9.17, 15) is 15.0 Å². The number of nitrogens with two attached hydrogens (primary N) is 1. The summed E-state index contributed by atoms with van der Waals surface area (Å²) in [4.78, 5) is 19.5. The van der Waals surface area contributed by atoms with Gasteiger partial charge in [0, 0.05) is 17.4 Å². The lowest BCUT2D eigenvalue weighted by Gasteiger charge is -2.15. The molecule has 1 aliphatic heterocycles. The van der Waals surface area contributed by atoms with E-state index in [1.807, 2.05) is 24.3 Å². The number of aliphatic hydroxyl groups is 1. The molecule has 2 aromatic rings. The van der Waals surface area contributed by atoms with E-state index in [4.69, 9.17) is 5.73 Å². The summed E-state index contributed by atoms with van der Waals surface area (Å²) in [5.74, 6) is 0.0863. The Hall–Kier alpha value is -2.77. The van der Waals surface area contributed by atoms with E-state index >= 15 is 0 Å². The number of aromatic nitrogens is 2. The number of aldehydes is 1. The highest BCUT2D eigenvalue weighted by molar-refractivity contribution is 6.21. The first kappa shape index (κ1) is 16.1. The quantitative estimate of drug-likeness (QED) is 0.719. The van der Waals surface area contributed by atoms with Gasteiger partial charge in [0.15, 0.2) is 0 Å². The highest BCUT2D eigenvalue weighted by Crippen LogP contribution is 2.34. The lowest BCUT2D eigenvalue weighted by atomic mass is 10.1. The molecular weight excluding hydrogens is 308 g/mol. The van der Waals surface area contributed by atoms with Crippen LogP contribution in [0, 0.1) is 0 Å². The first-order valence-corrected chi connectivity index (χ1v) is 7.54. The van der Waals surface area contributed by atoms with Gasteiger partial charge in [0.05, 0.1) is 24.4 Å². The standard InChI is InChI=1S/C17H18N4O3/c1-10(23)15(18)16-20-14(17(24)21(16)6-7-22)8-11-9-19-13-5-3-2-4-12(11)13/h2-5,7-10,15,23-24H,6,18H2,1H3. The van der Waals surface area contributed by atoms with Crippen molar-refractivity contribution >= 4 is 29.8 Å². The number of imidazole rings is 1. The van der Waals surface area contributed by atoms with E-state index in [2.05, 4.69) is 9.98 Å². The molecular formula is C17H18N4O3. The van der Waals surface area contributed by atoms with E-state index in [0.717, 1.165) is 16.8 Å². The summed E-state index contributed by atoms with van der Waals surface area (Å²) in [7, 11) is 0. The molecule has 7 nitrogen and oxygen atoms in total. The number of rotatable bonds is 5. The zero-order valence-electron chi connectivity index (χ0n) is 13.1. The summed E-state index contributed by atoms with van der Waals surface area (Å²) in [5.41, 5.74) is 8.78.